The molecular formula is C72H76F8N8. The van der Waals surface area contributed by atoms with Gasteiger partial charge in [-0.1, -0.05) is 97.1 Å². The summed E-state index contributed by atoms with van der Waals surface area (Å²) in [5.41, 5.74) is 11.1. The van der Waals surface area contributed by atoms with Gasteiger partial charge in [0, 0.05) is 181 Å². The van der Waals surface area contributed by atoms with Gasteiger partial charge < -0.3 is 0 Å². The summed E-state index contributed by atoms with van der Waals surface area (Å²) in [6.45, 7) is 14.3. The van der Waals surface area contributed by atoms with E-state index in [2.05, 4.69) is 136 Å². The van der Waals surface area contributed by atoms with E-state index in [0.29, 0.717) is 153 Å². The second-order valence-corrected chi connectivity index (χ2v) is 24.1. The predicted molar refractivity (Wildman–Crippen MR) is 331 cm³/mol. The molecule has 0 aromatic heterocycles. The van der Waals surface area contributed by atoms with E-state index in [4.69, 9.17) is 0 Å². The molecule has 4 unspecified atom stereocenters. The van der Waals surface area contributed by atoms with Crippen LogP contribution in [0.15, 0.2) is 170 Å². The lowest BCUT2D eigenvalue weighted by Crippen LogP contribution is -2.45. The first-order valence-corrected chi connectivity index (χ1v) is 30.6. The molecule has 9 aliphatic rings. The number of hydrogen-bond donors (Lipinski definition) is 0. The van der Waals surface area contributed by atoms with Crippen LogP contribution in [0.5, 0.6) is 0 Å². The smallest absolute Gasteiger partial charge is 0.126 e. The molecule has 12 bridgehead atoms. The minimum Gasteiger partial charge on any atom is -0.297 e. The number of hydrogen-bond acceptors (Lipinski definition) is 8. The van der Waals surface area contributed by atoms with E-state index in [9.17, 15) is 35.1 Å². The van der Waals surface area contributed by atoms with E-state index in [1.807, 2.05) is 0 Å². The van der Waals surface area contributed by atoms with E-state index in [0.717, 1.165) is 95.0 Å². The third kappa shape index (κ3) is 18.5. The second-order valence-electron chi connectivity index (χ2n) is 24.1. The summed E-state index contributed by atoms with van der Waals surface area (Å²) >= 11 is 0. The summed E-state index contributed by atoms with van der Waals surface area (Å²) in [5, 5.41) is 0. The van der Waals surface area contributed by atoms with Gasteiger partial charge >= 0.3 is 0 Å². The molecule has 2 fully saturated rings. The normalized spacial score (nSPS) is 20.3. The predicted octanol–water partition coefficient (Wildman–Crippen LogP) is 13.1. The van der Waals surface area contributed by atoms with Crippen molar-refractivity contribution in [1.82, 2.24) is 39.2 Å². The van der Waals surface area contributed by atoms with Gasteiger partial charge in [0.2, 0.25) is 0 Å². The molecule has 9 aliphatic heterocycles. The summed E-state index contributed by atoms with van der Waals surface area (Å²) in [7, 11) is 0. The van der Waals surface area contributed by atoms with Crippen LogP contribution in [-0.2, 0) is 52.4 Å². The second kappa shape index (κ2) is 29.9. The molecule has 88 heavy (non-hydrogen) atoms. The average Bonchev–Trinajstić information content (AvgIpc) is 3.50. The Kier molecular flexibility index (Phi) is 21.2. The van der Waals surface area contributed by atoms with Crippen LogP contribution in [0, 0.1) is 46.5 Å². The van der Waals surface area contributed by atoms with Gasteiger partial charge in [-0.3, -0.25) is 39.2 Å². The van der Waals surface area contributed by atoms with Crippen molar-refractivity contribution < 1.29 is 35.1 Å². The summed E-state index contributed by atoms with van der Waals surface area (Å²) < 4.78 is 117. The Hall–Kier alpha value is -7.12. The highest BCUT2D eigenvalue weighted by Gasteiger charge is 2.23. The number of halogens is 8. The first-order valence-electron chi connectivity index (χ1n) is 30.6. The van der Waals surface area contributed by atoms with Gasteiger partial charge in [0.1, 0.15) is 46.5 Å². The van der Waals surface area contributed by atoms with E-state index in [1.54, 1.807) is 0 Å². The van der Waals surface area contributed by atoms with Gasteiger partial charge in [0.25, 0.3) is 0 Å². The maximum atomic E-state index is 14.6. The number of benzene rings is 8. The summed E-state index contributed by atoms with van der Waals surface area (Å²) in [6, 6.07) is 49.4. The van der Waals surface area contributed by atoms with Crippen LogP contribution in [0.1, 0.15) is 44.5 Å². The lowest BCUT2D eigenvalue weighted by molar-refractivity contribution is 0.122. The first kappa shape index (κ1) is 62.5. The Morgan fingerprint density at radius 2 is 0.364 bits per heavy atom. The zero-order valence-electron chi connectivity index (χ0n) is 49.7. The van der Waals surface area contributed by atoms with Crippen molar-refractivity contribution in [3.8, 4) is 22.3 Å². The van der Waals surface area contributed by atoms with E-state index in [1.165, 1.54) is 48.5 Å². The van der Waals surface area contributed by atoms with Crippen molar-refractivity contribution in [2.75, 3.05) is 105 Å². The van der Waals surface area contributed by atoms with E-state index >= 15 is 0 Å². The lowest BCUT2D eigenvalue weighted by Gasteiger charge is -2.34. The SMILES string of the molecule is Fc1cc(F)cc(CN2CCN3CCN(CCN(Cc4cc(F)cc(F)c4)CC2)Cc2ccc(cc2)-c2ccc(cc2)CN2CCN(CCN(Cc4cc(F)cc(F)c4)CCN(Cc4cc(F)cc(F)c4)CC2)Cc2ccc(cc2)-c2ccc(cc2)C3)c1. The van der Waals surface area contributed by atoms with E-state index < -0.39 is 46.5 Å². The zero-order valence-corrected chi connectivity index (χ0v) is 49.7. The number of nitrogens with zero attached hydrogens (tertiary/aromatic N) is 8. The van der Waals surface area contributed by atoms with Crippen molar-refractivity contribution in [2.24, 2.45) is 0 Å². The topological polar surface area (TPSA) is 25.9 Å². The Morgan fingerprint density at radius 3 is 0.545 bits per heavy atom. The standard InChI is InChI=1S/C72H76F8N8/c73-65-33-57(34-66(74)41-65)49-85-25-21-81-17-18-82(22-26-86(30-29-85)50-58-35-67(75)42-68(76)36-58)47-55-5-13-63(14-6-55)64-15-7-56(8-16-64)48-84-20-19-83(46-54-3-11-62(12-4-54)61-9-1-53(45-81)2-10-61)23-27-87(51-59-37-69(77)43-70(78)38-59)31-32-88(28-24-84)52-60-39-71(79)44-72(80)40-60/h1-16,33-44H,17-32,45-52H2. The van der Waals surface area contributed by atoms with Crippen LogP contribution in [0.4, 0.5) is 35.1 Å². The van der Waals surface area contributed by atoms with Crippen LogP contribution >= 0.6 is 0 Å². The summed E-state index contributed by atoms with van der Waals surface area (Å²) in [6.07, 6.45) is 0. The van der Waals surface area contributed by atoms with Crippen LogP contribution in [0.25, 0.3) is 22.3 Å². The summed E-state index contributed by atoms with van der Waals surface area (Å²) in [5.74, 6) is -5.03. The molecule has 2 saturated heterocycles. The van der Waals surface area contributed by atoms with Gasteiger partial charge in [-0.25, -0.2) is 35.1 Å². The van der Waals surface area contributed by atoms with Crippen LogP contribution in [0.3, 0.4) is 0 Å². The van der Waals surface area contributed by atoms with Crippen molar-refractivity contribution in [3.63, 3.8) is 0 Å². The molecule has 460 valence electrons. The average molecular weight is 1210 g/mol. The molecule has 9 heterocycles. The molecule has 0 amide bonds. The minimum absolute atomic E-state index is 0.326. The van der Waals surface area contributed by atoms with E-state index in [-0.39, 0.29) is 0 Å². The molecule has 0 aliphatic carbocycles. The largest absolute Gasteiger partial charge is 0.297 e. The van der Waals surface area contributed by atoms with Gasteiger partial charge in [0.15, 0.2) is 0 Å². The Bertz CT molecular complexity index is 3010. The Balaban J connectivity index is 0.884. The molecule has 4 atom stereocenters. The van der Waals surface area contributed by atoms with Crippen molar-refractivity contribution in [2.45, 2.75) is 52.4 Å². The Morgan fingerprint density at radius 1 is 0.205 bits per heavy atom. The van der Waals surface area contributed by atoms with Crippen molar-refractivity contribution in [3.05, 3.63) is 261 Å². The molecule has 17 rings (SSSR count). The maximum Gasteiger partial charge on any atom is 0.126 e. The van der Waals surface area contributed by atoms with Gasteiger partial charge in [-0.15, -0.1) is 0 Å². The molecule has 16 heteroatoms. The lowest BCUT2D eigenvalue weighted by atomic mass is 10.0. The highest BCUT2D eigenvalue weighted by Crippen LogP contribution is 2.26. The summed E-state index contributed by atoms with van der Waals surface area (Å²) in [4.78, 5) is 18.7. The van der Waals surface area contributed by atoms with Gasteiger partial charge in [0.05, 0.1) is 0 Å². The molecule has 0 radical (unpaired) electrons. The van der Waals surface area contributed by atoms with Crippen LogP contribution < -0.4 is 0 Å². The monoisotopic (exact) mass is 1200 g/mol. The molecular weight excluding hydrogens is 1130 g/mol. The fraction of sp³-hybridized carbons (Fsp3) is 0.333. The van der Waals surface area contributed by atoms with Crippen LogP contribution in [-0.4, -0.2) is 144 Å². The molecule has 8 aromatic rings. The first-order chi connectivity index (χ1) is 42.7. The minimum atomic E-state index is -0.628. The number of rotatable bonds is 8. The highest BCUT2D eigenvalue weighted by atomic mass is 19.2. The highest BCUT2D eigenvalue weighted by molar-refractivity contribution is 5.65. The van der Waals surface area contributed by atoms with Gasteiger partial charge in [-0.2, -0.15) is 0 Å². The fourth-order valence-corrected chi connectivity index (χ4v) is 12.5. The molecule has 0 N–H and O–H groups in total. The quantitative estimate of drug-likeness (QED) is 0.139. The zero-order chi connectivity index (χ0) is 60.9. The van der Waals surface area contributed by atoms with Crippen molar-refractivity contribution in [1.29, 1.82) is 0 Å². The maximum absolute atomic E-state index is 14.6. The molecule has 8 aromatic carbocycles. The molecule has 0 spiro atoms. The third-order valence-corrected chi connectivity index (χ3v) is 17.3. The molecule has 8 nitrogen and oxygen atoms in total. The van der Waals surface area contributed by atoms with Gasteiger partial charge in [-0.05, 0) is 115 Å². The van der Waals surface area contributed by atoms with Crippen LogP contribution in [0.2, 0.25) is 0 Å². The van der Waals surface area contributed by atoms with Crippen molar-refractivity contribution >= 4 is 0 Å². The molecule has 0 saturated carbocycles. The third-order valence-electron chi connectivity index (χ3n) is 17.3. The fourth-order valence-electron chi connectivity index (χ4n) is 12.5. The Labute approximate surface area is 512 Å².